The first kappa shape index (κ1) is 22.5. The van der Waals surface area contributed by atoms with E-state index in [9.17, 15) is 14.0 Å². The molecule has 3 aliphatic heterocycles. The average Bonchev–Trinajstić information content (AvgIpc) is 3.30. The monoisotopic (exact) mass is 471 g/mol. The number of halogens is 1. The van der Waals surface area contributed by atoms with Crippen LogP contribution >= 0.6 is 0 Å². The van der Waals surface area contributed by atoms with Gasteiger partial charge in [0.05, 0.1) is 12.5 Å². The highest BCUT2D eigenvalue weighted by atomic mass is 19.1. The molecule has 2 aromatic carbocycles. The van der Waals surface area contributed by atoms with E-state index < -0.39 is 6.23 Å². The van der Waals surface area contributed by atoms with Crippen molar-refractivity contribution in [1.82, 2.24) is 5.06 Å². The van der Waals surface area contributed by atoms with Crippen LogP contribution in [-0.2, 0) is 19.2 Å². The smallest absolute Gasteiger partial charge is 0.325 e. The SMILES string of the molecule is O=C1CCCCC(=O)ON2CC[C@@H](c3ccc(F)cc3)[C@H](COc3ccc4c(c3)OCO4)C2O1. The topological polar surface area (TPSA) is 83.5 Å². The van der Waals surface area contributed by atoms with E-state index in [0.29, 0.717) is 43.1 Å². The molecule has 3 atom stereocenters. The van der Waals surface area contributed by atoms with Gasteiger partial charge in [0, 0.05) is 25.5 Å². The fraction of sp³-hybridized carbons (Fsp3) is 0.440. The summed E-state index contributed by atoms with van der Waals surface area (Å²) >= 11 is 0. The summed E-state index contributed by atoms with van der Waals surface area (Å²) in [4.78, 5) is 30.5. The summed E-state index contributed by atoms with van der Waals surface area (Å²) in [5.74, 6) is 0.312. The third-order valence-corrected chi connectivity index (χ3v) is 6.40. The number of esters is 1. The number of fused-ring (bicyclic) bond motifs is 2. The van der Waals surface area contributed by atoms with E-state index in [4.69, 9.17) is 23.8 Å². The molecule has 2 fully saturated rings. The van der Waals surface area contributed by atoms with E-state index in [1.165, 1.54) is 17.2 Å². The lowest BCUT2D eigenvalue weighted by Crippen LogP contribution is -2.53. The maximum absolute atomic E-state index is 13.6. The van der Waals surface area contributed by atoms with E-state index in [0.717, 1.165) is 5.56 Å². The van der Waals surface area contributed by atoms with Crippen molar-refractivity contribution in [2.45, 2.75) is 44.2 Å². The Balaban J connectivity index is 1.43. The minimum Gasteiger partial charge on any atom is -0.493 e. The number of benzene rings is 2. The molecule has 1 unspecified atom stereocenters. The molecule has 5 rings (SSSR count). The van der Waals surface area contributed by atoms with Crippen molar-refractivity contribution in [2.75, 3.05) is 19.9 Å². The normalized spacial score (nSPS) is 25.1. The van der Waals surface area contributed by atoms with Crippen LogP contribution < -0.4 is 14.2 Å². The largest absolute Gasteiger partial charge is 0.493 e. The number of hydroxylamine groups is 2. The Kier molecular flexibility index (Phi) is 6.53. The van der Waals surface area contributed by atoms with Gasteiger partial charge in [0.25, 0.3) is 0 Å². The first-order valence-electron chi connectivity index (χ1n) is 11.5. The standard InChI is InChI=1S/C25H26FNO7/c26-17-7-5-16(6-8-17)19-11-12-27-25(33-23(28)3-1-2-4-24(29)34-27)20(19)14-30-18-9-10-21-22(13-18)32-15-31-21/h5-10,13,19-20,25H,1-4,11-12,14-15H2/t19-,20-,25?/m0/s1. The molecular weight excluding hydrogens is 445 g/mol. The van der Waals surface area contributed by atoms with Crippen LogP contribution in [0.2, 0.25) is 0 Å². The van der Waals surface area contributed by atoms with E-state index in [-0.39, 0.29) is 55.8 Å². The lowest BCUT2D eigenvalue weighted by molar-refractivity contribution is -0.268. The van der Waals surface area contributed by atoms with Crippen LogP contribution in [0, 0.1) is 11.7 Å². The van der Waals surface area contributed by atoms with Crippen LogP contribution in [0.4, 0.5) is 4.39 Å². The second kappa shape index (κ2) is 9.89. The minimum atomic E-state index is -0.827. The molecule has 9 heteroatoms. The first-order valence-corrected chi connectivity index (χ1v) is 11.5. The second-order valence-corrected chi connectivity index (χ2v) is 8.63. The summed E-state index contributed by atoms with van der Waals surface area (Å²) in [6.45, 7) is 0.715. The van der Waals surface area contributed by atoms with Gasteiger partial charge in [-0.25, -0.2) is 4.39 Å². The third-order valence-electron chi connectivity index (χ3n) is 6.40. The Morgan fingerprint density at radius 1 is 0.971 bits per heavy atom. The molecule has 34 heavy (non-hydrogen) atoms. The van der Waals surface area contributed by atoms with Crippen LogP contribution in [0.5, 0.6) is 17.2 Å². The number of carbonyl (C=O) groups is 2. The number of hydrogen-bond donors (Lipinski definition) is 0. The Morgan fingerprint density at radius 3 is 2.56 bits per heavy atom. The van der Waals surface area contributed by atoms with Gasteiger partial charge in [-0.05, 0) is 55.0 Å². The molecule has 2 aromatic rings. The molecule has 0 N–H and O–H groups in total. The Labute approximate surface area is 196 Å². The molecule has 2 saturated heterocycles. The summed E-state index contributed by atoms with van der Waals surface area (Å²) in [5.41, 5.74) is 0.903. The summed E-state index contributed by atoms with van der Waals surface area (Å²) in [7, 11) is 0. The maximum Gasteiger partial charge on any atom is 0.325 e. The number of hydrogen-bond acceptors (Lipinski definition) is 8. The van der Waals surface area contributed by atoms with Gasteiger partial charge >= 0.3 is 11.9 Å². The Bertz CT molecular complexity index is 1040. The lowest BCUT2D eigenvalue weighted by atomic mass is 9.80. The highest BCUT2D eigenvalue weighted by molar-refractivity contribution is 5.71. The third kappa shape index (κ3) is 4.94. The molecule has 0 aliphatic carbocycles. The molecule has 0 bridgehead atoms. The van der Waals surface area contributed by atoms with Gasteiger partial charge in [-0.3, -0.25) is 9.59 Å². The van der Waals surface area contributed by atoms with Gasteiger partial charge in [-0.2, -0.15) is 0 Å². The van der Waals surface area contributed by atoms with Crippen LogP contribution in [0.1, 0.15) is 43.6 Å². The molecule has 3 heterocycles. The molecule has 0 amide bonds. The predicted octanol–water partition coefficient (Wildman–Crippen LogP) is 3.94. The minimum absolute atomic E-state index is 0.106. The van der Waals surface area contributed by atoms with Gasteiger partial charge in [0.1, 0.15) is 11.6 Å². The zero-order chi connectivity index (χ0) is 23.5. The summed E-state index contributed by atoms with van der Waals surface area (Å²) < 4.78 is 36.3. The van der Waals surface area contributed by atoms with E-state index in [2.05, 4.69) is 0 Å². The Hall–Kier alpha value is -3.33. The van der Waals surface area contributed by atoms with E-state index >= 15 is 0 Å². The highest BCUT2D eigenvalue weighted by Gasteiger charge is 2.44. The number of nitrogens with zero attached hydrogens (tertiary/aromatic N) is 1. The quantitative estimate of drug-likeness (QED) is 0.620. The van der Waals surface area contributed by atoms with Gasteiger partial charge in [0.2, 0.25) is 6.79 Å². The summed E-state index contributed by atoms with van der Waals surface area (Å²) in [5, 5.41) is 1.46. The molecule has 180 valence electrons. The molecule has 3 aliphatic rings. The molecule has 0 aromatic heterocycles. The van der Waals surface area contributed by atoms with Crippen LogP contribution in [0.15, 0.2) is 42.5 Å². The van der Waals surface area contributed by atoms with E-state index in [1.54, 1.807) is 30.3 Å². The van der Waals surface area contributed by atoms with Crippen molar-refractivity contribution in [3.63, 3.8) is 0 Å². The molecule has 0 radical (unpaired) electrons. The van der Waals surface area contributed by atoms with Crippen molar-refractivity contribution in [2.24, 2.45) is 5.92 Å². The van der Waals surface area contributed by atoms with Gasteiger partial charge in [-0.15, -0.1) is 0 Å². The van der Waals surface area contributed by atoms with Gasteiger partial charge < -0.3 is 23.8 Å². The zero-order valence-electron chi connectivity index (χ0n) is 18.6. The summed E-state index contributed by atoms with van der Waals surface area (Å²) in [6.07, 6.45) is 1.39. The van der Waals surface area contributed by atoms with Gasteiger partial charge in [-0.1, -0.05) is 17.2 Å². The van der Waals surface area contributed by atoms with Crippen molar-refractivity contribution >= 4 is 11.9 Å². The summed E-state index contributed by atoms with van der Waals surface area (Å²) in [6, 6.07) is 11.6. The first-order chi connectivity index (χ1) is 16.6. The number of ether oxygens (including phenoxy) is 4. The Morgan fingerprint density at radius 2 is 1.74 bits per heavy atom. The van der Waals surface area contributed by atoms with Crippen LogP contribution in [0.25, 0.3) is 0 Å². The van der Waals surface area contributed by atoms with Crippen molar-refractivity contribution in [3.8, 4) is 17.2 Å². The lowest BCUT2D eigenvalue weighted by Gasteiger charge is -2.43. The zero-order valence-corrected chi connectivity index (χ0v) is 18.6. The van der Waals surface area contributed by atoms with Crippen LogP contribution in [-0.4, -0.2) is 43.2 Å². The molecular formula is C25H26FNO7. The van der Waals surface area contributed by atoms with Crippen molar-refractivity contribution in [1.29, 1.82) is 0 Å². The highest BCUT2D eigenvalue weighted by Crippen LogP contribution is 2.40. The van der Waals surface area contributed by atoms with Crippen LogP contribution in [0.3, 0.4) is 0 Å². The number of carbonyl (C=O) groups excluding carboxylic acids is 2. The van der Waals surface area contributed by atoms with E-state index in [1.807, 2.05) is 0 Å². The molecule has 8 nitrogen and oxygen atoms in total. The predicted molar refractivity (Wildman–Crippen MR) is 116 cm³/mol. The molecule has 0 saturated carbocycles. The average molecular weight is 471 g/mol. The number of rotatable bonds is 4. The van der Waals surface area contributed by atoms with Crippen molar-refractivity contribution in [3.05, 3.63) is 53.8 Å². The number of piperidine rings is 1. The second-order valence-electron chi connectivity index (χ2n) is 8.63. The fourth-order valence-electron chi connectivity index (χ4n) is 4.65. The van der Waals surface area contributed by atoms with Gasteiger partial charge in [0.15, 0.2) is 17.7 Å². The maximum atomic E-state index is 13.6. The molecule has 0 spiro atoms. The fourth-order valence-corrected chi connectivity index (χ4v) is 4.65. The van der Waals surface area contributed by atoms with Crippen molar-refractivity contribution < 1.29 is 37.8 Å².